The lowest BCUT2D eigenvalue weighted by Crippen LogP contribution is -2.21. The summed E-state index contributed by atoms with van der Waals surface area (Å²) >= 11 is 4.59. The number of hydrogen-bond acceptors (Lipinski definition) is 2. The molecule has 0 amide bonds. The van der Waals surface area contributed by atoms with E-state index in [2.05, 4.69) is 21.6 Å². The number of aromatic amines is 1. The van der Waals surface area contributed by atoms with Crippen LogP contribution < -0.4 is 0 Å². The molecule has 0 atom stereocenters. The molecule has 0 bridgehead atoms. The Kier molecular flexibility index (Phi) is 4.49. The first kappa shape index (κ1) is 14.7. The minimum absolute atomic E-state index is 0.434. The van der Waals surface area contributed by atoms with Gasteiger partial charge >= 0.3 is 5.38 Å². The first-order valence-corrected chi connectivity index (χ1v) is 6.49. The van der Waals surface area contributed by atoms with Gasteiger partial charge in [0.2, 0.25) is 5.78 Å². The number of benzene rings is 1. The number of carbonyl (C=O) groups is 1. The van der Waals surface area contributed by atoms with Gasteiger partial charge in [0.15, 0.2) is 0 Å². The summed E-state index contributed by atoms with van der Waals surface area (Å²) in [4.78, 5) is 18.0. The number of aromatic nitrogens is 1. The van der Waals surface area contributed by atoms with E-state index in [1.807, 2.05) is 30.5 Å². The standard InChI is InChI=1S/C14H13ClF2N2O/c15-14(16,17)13(20)6-8-18-7-5-10-9-19-12-4-2-1-3-11(10)12/h1-4,8-9,19H,5-7H2. The third kappa shape index (κ3) is 3.63. The van der Waals surface area contributed by atoms with Gasteiger partial charge in [-0.25, -0.2) is 0 Å². The maximum Gasteiger partial charge on any atom is 0.380 e. The maximum atomic E-state index is 12.4. The monoisotopic (exact) mass is 298 g/mol. The van der Waals surface area contributed by atoms with Gasteiger partial charge in [0.25, 0.3) is 0 Å². The number of para-hydroxylation sites is 1. The van der Waals surface area contributed by atoms with Gasteiger partial charge in [-0.2, -0.15) is 8.78 Å². The molecule has 0 unspecified atom stereocenters. The second kappa shape index (κ2) is 6.13. The van der Waals surface area contributed by atoms with Crippen LogP contribution in [0.2, 0.25) is 0 Å². The van der Waals surface area contributed by atoms with Crippen LogP contribution in [-0.4, -0.2) is 28.9 Å². The van der Waals surface area contributed by atoms with Crippen molar-refractivity contribution in [1.29, 1.82) is 0 Å². The Morgan fingerprint density at radius 3 is 2.90 bits per heavy atom. The quantitative estimate of drug-likeness (QED) is 0.643. The highest BCUT2D eigenvalue weighted by Crippen LogP contribution is 2.21. The second-order valence-corrected chi connectivity index (χ2v) is 4.80. The molecule has 0 aliphatic carbocycles. The van der Waals surface area contributed by atoms with E-state index in [1.165, 1.54) is 6.21 Å². The summed E-state index contributed by atoms with van der Waals surface area (Å²) in [7, 11) is 0. The molecule has 1 aromatic carbocycles. The average Bonchev–Trinajstić information content (AvgIpc) is 2.80. The van der Waals surface area contributed by atoms with Gasteiger partial charge in [-0.15, -0.1) is 0 Å². The third-order valence-corrected chi connectivity index (χ3v) is 3.12. The van der Waals surface area contributed by atoms with Crippen molar-refractivity contribution >= 4 is 34.5 Å². The van der Waals surface area contributed by atoms with Gasteiger partial charge in [-0.1, -0.05) is 18.2 Å². The number of Topliss-reactive ketones (excluding diaryl/α,β-unsaturated/α-hetero) is 1. The highest BCUT2D eigenvalue weighted by atomic mass is 35.5. The number of fused-ring (bicyclic) bond motifs is 1. The largest absolute Gasteiger partial charge is 0.380 e. The first-order chi connectivity index (χ1) is 9.48. The molecule has 0 fully saturated rings. The lowest BCUT2D eigenvalue weighted by Gasteiger charge is -2.02. The normalized spacial score (nSPS) is 12.3. The molecule has 0 radical (unpaired) electrons. The summed E-state index contributed by atoms with van der Waals surface area (Å²) in [5.41, 5.74) is 2.15. The lowest BCUT2D eigenvalue weighted by atomic mass is 10.1. The Morgan fingerprint density at radius 1 is 1.40 bits per heavy atom. The molecule has 1 aromatic heterocycles. The molecular formula is C14H13ClF2N2O. The van der Waals surface area contributed by atoms with E-state index in [-0.39, 0.29) is 0 Å². The molecule has 0 aliphatic heterocycles. The molecule has 0 saturated heterocycles. The Balaban J connectivity index is 1.86. The van der Waals surface area contributed by atoms with Crippen LogP contribution in [0.3, 0.4) is 0 Å². The van der Waals surface area contributed by atoms with Crippen LogP contribution in [0.5, 0.6) is 0 Å². The number of alkyl halides is 3. The molecule has 0 spiro atoms. The Morgan fingerprint density at radius 2 is 2.15 bits per heavy atom. The minimum Gasteiger partial charge on any atom is -0.361 e. The Hall–Kier alpha value is -1.75. The average molecular weight is 299 g/mol. The van der Waals surface area contributed by atoms with Crippen molar-refractivity contribution in [3.05, 3.63) is 36.0 Å². The Labute approximate surface area is 119 Å². The number of H-pyrrole nitrogens is 1. The predicted molar refractivity (Wildman–Crippen MR) is 75.8 cm³/mol. The van der Waals surface area contributed by atoms with E-state index in [1.54, 1.807) is 0 Å². The van der Waals surface area contributed by atoms with Crippen LogP contribution in [0.15, 0.2) is 35.5 Å². The van der Waals surface area contributed by atoms with Crippen molar-refractivity contribution < 1.29 is 13.6 Å². The summed E-state index contributed by atoms with van der Waals surface area (Å²) < 4.78 is 24.7. The summed E-state index contributed by atoms with van der Waals surface area (Å²) in [6.45, 7) is 0.434. The lowest BCUT2D eigenvalue weighted by molar-refractivity contribution is -0.131. The maximum absolute atomic E-state index is 12.4. The number of rotatable bonds is 6. The van der Waals surface area contributed by atoms with Crippen molar-refractivity contribution in [3.8, 4) is 0 Å². The zero-order valence-electron chi connectivity index (χ0n) is 10.6. The molecule has 6 heteroatoms. The Bertz CT molecular complexity index is 631. The summed E-state index contributed by atoms with van der Waals surface area (Å²) in [5, 5.41) is -2.69. The van der Waals surface area contributed by atoms with Gasteiger partial charge in [-0.05, 0) is 29.7 Å². The van der Waals surface area contributed by atoms with Crippen LogP contribution in [-0.2, 0) is 11.2 Å². The number of hydrogen-bond donors (Lipinski definition) is 1. The fourth-order valence-electron chi connectivity index (χ4n) is 1.88. The number of halogens is 3. The van der Waals surface area contributed by atoms with Crippen molar-refractivity contribution in [2.24, 2.45) is 4.99 Å². The number of nitrogens with one attached hydrogen (secondary N) is 1. The molecule has 3 nitrogen and oxygen atoms in total. The summed E-state index contributed by atoms with van der Waals surface area (Å²) in [6, 6.07) is 7.87. The molecule has 1 heterocycles. The SMILES string of the molecule is O=C(CC=NCCc1c[nH]c2ccccc12)C(F)(F)Cl. The van der Waals surface area contributed by atoms with Crippen LogP contribution in [0.1, 0.15) is 12.0 Å². The molecule has 1 N–H and O–H groups in total. The number of ketones is 1. The van der Waals surface area contributed by atoms with E-state index < -0.39 is 17.6 Å². The van der Waals surface area contributed by atoms with Crippen LogP contribution in [0.4, 0.5) is 8.78 Å². The topological polar surface area (TPSA) is 45.2 Å². The van der Waals surface area contributed by atoms with Gasteiger partial charge in [-0.3, -0.25) is 9.79 Å². The van der Waals surface area contributed by atoms with E-state index >= 15 is 0 Å². The molecule has 106 valence electrons. The van der Waals surface area contributed by atoms with Crippen molar-refractivity contribution in [3.63, 3.8) is 0 Å². The van der Waals surface area contributed by atoms with Gasteiger partial charge in [0.1, 0.15) is 0 Å². The van der Waals surface area contributed by atoms with Gasteiger partial charge in [0.05, 0.1) is 0 Å². The first-order valence-electron chi connectivity index (χ1n) is 6.12. The van der Waals surface area contributed by atoms with Gasteiger partial charge in [0, 0.05) is 36.3 Å². The molecule has 2 aromatic rings. The number of nitrogens with zero attached hydrogens (tertiary/aromatic N) is 1. The minimum atomic E-state index is -3.80. The summed E-state index contributed by atoms with van der Waals surface area (Å²) in [6.07, 6.45) is 3.31. The highest BCUT2D eigenvalue weighted by Gasteiger charge is 2.34. The fraction of sp³-hybridized carbons (Fsp3) is 0.286. The molecule has 20 heavy (non-hydrogen) atoms. The number of aliphatic imine (C=N–C) groups is 1. The van der Waals surface area contributed by atoms with Crippen molar-refractivity contribution in [2.45, 2.75) is 18.2 Å². The fourth-order valence-corrected chi connectivity index (χ4v) is 1.96. The molecular weight excluding hydrogens is 286 g/mol. The van der Waals surface area contributed by atoms with Gasteiger partial charge < -0.3 is 4.98 Å². The van der Waals surface area contributed by atoms with Crippen LogP contribution >= 0.6 is 11.6 Å². The van der Waals surface area contributed by atoms with Crippen molar-refractivity contribution in [1.82, 2.24) is 4.98 Å². The summed E-state index contributed by atoms with van der Waals surface area (Å²) in [5.74, 6) is -1.34. The highest BCUT2D eigenvalue weighted by molar-refractivity contribution is 6.33. The van der Waals surface area contributed by atoms with E-state index in [4.69, 9.17) is 0 Å². The zero-order chi connectivity index (χ0) is 14.6. The molecule has 0 saturated carbocycles. The van der Waals surface area contributed by atoms with Crippen LogP contribution in [0.25, 0.3) is 10.9 Å². The van der Waals surface area contributed by atoms with E-state index in [9.17, 15) is 13.6 Å². The second-order valence-electron chi connectivity index (χ2n) is 4.32. The van der Waals surface area contributed by atoms with Crippen molar-refractivity contribution in [2.75, 3.05) is 6.54 Å². The smallest absolute Gasteiger partial charge is 0.361 e. The van der Waals surface area contributed by atoms with E-state index in [0.717, 1.165) is 16.5 Å². The molecule has 2 rings (SSSR count). The van der Waals surface area contributed by atoms with E-state index in [0.29, 0.717) is 13.0 Å². The van der Waals surface area contributed by atoms with Crippen LogP contribution in [0, 0.1) is 0 Å². The zero-order valence-corrected chi connectivity index (χ0v) is 11.3. The predicted octanol–water partition coefficient (Wildman–Crippen LogP) is 3.57. The molecule has 0 aliphatic rings. The number of carbonyl (C=O) groups excluding carboxylic acids is 1. The third-order valence-electron chi connectivity index (χ3n) is 2.91.